The number of ether oxygens (including phenoxy) is 4. The van der Waals surface area contributed by atoms with Gasteiger partial charge in [-0.3, -0.25) is 43.2 Å². The molecule has 0 fully saturated rings. The Labute approximate surface area is 532 Å². The lowest BCUT2D eigenvalue weighted by Gasteiger charge is -2.22. The number of nitrogens with one attached hydrogen (secondary N) is 8. The predicted molar refractivity (Wildman–Crippen MR) is 345 cm³/mol. The summed E-state index contributed by atoms with van der Waals surface area (Å²) in [6, 6.07) is 20.3. The number of aliphatic carboxylic acids is 1. The van der Waals surface area contributed by atoms with Gasteiger partial charge in [0, 0.05) is 28.3 Å². The van der Waals surface area contributed by atoms with Crippen LogP contribution in [0.5, 0.6) is 23.0 Å². The Kier molecular flexibility index (Phi) is 29.8. The third-order valence-corrected chi connectivity index (χ3v) is 14.3. The minimum Gasteiger partial charge on any atom is -0.496 e. The lowest BCUT2D eigenvalue weighted by Crippen LogP contribution is -2.44. The van der Waals surface area contributed by atoms with Crippen LogP contribution in [0.25, 0.3) is 0 Å². The average Bonchev–Trinajstić information content (AvgIpc) is 0.985. The van der Waals surface area contributed by atoms with Crippen LogP contribution in [0.15, 0.2) is 103 Å². The molecule has 0 heterocycles. The number of methoxy groups -OCH3 is 3. The maximum atomic E-state index is 14.4. The molecule has 0 unspecified atom stereocenters. The van der Waals surface area contributed by atoms with Crippen molar-refractivity contribution >= 4 is 81.9 Å². The van der Waals surface area contributed by atoms with Gasteiger partial charge in [-0.1, -0.05) is 18.2 Å². The summed E-state index contributed by atoms with van der Waals surface area (Å²) in [5.41, 5.74) is 29.0. The van der Waals surface area contributed by atoms with E-state index in [0.717, 1.165) is 0 Å². The maximum Gasteiger partial charge on any atom is 0.341 e. The molecule has 0 spiro atoms. The van der Waals surface area contributed by atoms with Crippen molar-refractivity contribution in [2.75, 3.05) is 75.4 Å². The molecular formula is C64H83N13O15. The monoisotopic (exact) mass is 1270 g/mol. The van der Waals surface area contributed by atoms with Crippen molar-refractivity contribution in [1.29, 1.82) is 0 Å². The zero-order valence-electron chi connectivity index (χ0n) is 51.7. The number of anilines is 4. The number of unbranched alkanes of at least 4 members (excludes halogenated alkanes) is 4. The van der Waals surface area contributed by atoms with Crippen molar-refractivity contribution in [2.45, 2.75) is 101 Å². The molecule has 4 atom stereocenters. The normalized spacial score (nSPS) is 12.1. The van der Waals surface area contributed by atoms with E-state index in [4.69, 9.17) is 47.6 Å². The third kappa shape index (κ3) is 22.4. The fourth-order valence-corrected chi connectivity index (χ4v) is 9.46. The van der Waals surface area contributed by atoms with E-state index in [1.54, 1.807) is 30.3 Å². The number of carboxylic acid groups (broad SMARTS) is 1. The average molecular weight is 1270 g/mol. The van der Waals surface area contributed by atoms with Gasteiger partial charge in [-0.2, -0.15) is 0 Å². The third-order valence-electron chi connectivity index (χ3n) is 14.3. The number of rotatable bonds is 39. The summed E-state index contributed by atoms with van der Waals surface area (Å²) in [6.07, 6.45) is 4.29. The van der Waals surface area contributed by atoms with Gasteiger partial charge in [0.05, 0.1) is 43.6 Å². The lowest BCUT2D eigenvalue weighted by atomic mass is 10.1. The van der Waals surface area contributed by atoms with E-state index in [-0.39, 0.29) is 107 Å². The summed E-state index contributed by atoms with van der Waals surface area (Å²) in [6.45, 7) is 0.354. The van der Waals surface area contributed by atoms with Crippen LogP contribution in [0.4, 0.5) is 22.7 Å². The van der Waals surface area contributed by atoms with Crippen LogP contribution in [0.3, 0.4) is 0 Å². The van der Waals surface area contributed by atoms with E-state index in [2.05, 4.69) is 42.5 Å². The first kappa shape index (κ1) is 72.6. The highest BCUT2D eigenvalue weighted by atomic mass is 16.5. The first-order valence-electron chi connectivity index (χ1n) is 29.9. The molecule has 5 rings (SSSR count). The minimum absolute atomic E-state index is 0.000132. The number of hydrogen-bond acceptors (Lipinski definition) is 18. The molecule has 19 N–H and O–H groups in total. The Morgan fingerprint density at radius 2 is 0.685 bits per heavy atom. The fraction of sp³-hybridized carbons (Fsp3) is 0.375. The predicted octanol–water partition coefficient (Wildman–Crippen LogP) is 3.74. The summed E-state index contributed by atoms with van der Waals surface area (Å²) in [7, 11) is 4.00. The van der Waals surface area contributed by atoms with Crippen molar-refractivity contribution in [3.05, 3.63) is 131 Å². The molecule has 0 aliphatic heterocycles. The van der Waals surface area contributed by atoms with Gasteiger partial charge in [0.25, 0.3) is 29.5 Å². The molecule has 92 heavy (non-hydrogen) atoms. The number of carbonyl (C=O) groups excluding carboxylic acids is 9. The highest BCUT2D eigenvalue weighted by Crippen LogP contribution is 2.29. The number of carboxylic acids is 1. The first-order chi connectivity index (χ1) is 44.3. The van der Waals surface area contributed by atoms with Crippen LogP contribution in [-0.2, 0) is 24.0 Å². The second-order valence-electron chi connectivity index (χ2n) is 21.1. The van der Waals surface area contributed by atoms with Crippen LogP contribution in [0.1, 0.15) is 129 Å². The van der Waals surface area contributed by atoms with Crippen LogP contribution in [-0.4, -0.2) is 143 Å². The molecule has 0 aromatic heterocycles. The second kappa shape index (κ2) is 37.7. The molecular weight excluding hydrogens is 1190 g/mol. The van der Waals surface area contributed by atoms with E-state index < -0.39 is 89.9 Å². The largest absolute Gasteiger partial charge is 0.496 e. The van der Waals surface area contributed by atoms with Gasteiger partial charge in [-0.25, -0.2) is 4.79 Å². The number of hydrogen-bond donors (Lipinski definition) is 14. The van der Waals surface area contributed by atoms with Gasteiger partial charge < -0.3 is 95.3 Å². The SMILES string of the molecule is COc1ccc(NC(=O)[C@H](CCCCN)NC(=O)c2cc(NC(=O)[C@H](CCCCN)NC(=O)c3cc(NC(=O)[C@H](CCCCN)NC(=O)c4cc(NC(=O)[C@H](CCCCN)NC(=O)c5ccccc5)ccc4OC)ccc3OC)ccc2OCC(=O)O)cc1C(N)=O. The Bertz CT molecular complexity index is 3370. The number of amides is 9. The molecule has 0 saturated carbocycles. The lowest BCUT2D eigenvalue weighted by molar-refractivity contribution is -0.139. The Hall–Kier alpha value is -10.2. The number of nitrogens with two attached hydrogens (primary N) is 5. The zero-order chi connectivity index (χ0) is 67.1. The number of primary amides is 1. The van der Waals surface area contributed by atoms with Crippen LogP contribution < -0.4 is 90.2 Å². The topological polar surface area (TPSA) is 454 Å². The molecule has 28 nitrogen and oxygen atoms in total. The summed E-state index contributed by atoms with van der Waals surface area (Å²) in [5, 5.41) is 31.4. The van der Waals surface area contributed by atoms with Crippen molar-refractivity contribution in [3.63, 3.8) is 0 Å². The van der Waals surface area contributed by atoms with Crippen molar-refractivity contribution in [1.82, 2.24) is 21.3 Å². The Morgan fingerprint density at radius 3 is 0.989 bits per heavy atom. The Balaban J connectivity index is 1.36. The summed E-state index contributed by atoms with van der Waals surface area (Å²) in [5.74, 6) is -7.67. The van der Waals surface area contributed by atoms with Crippen molar-refractivity contribution in [2.24, 2.45) is 28.7 Å². The van der Waals surface area contributed by atoms with Crippen molar-refractivity contribution < 1.29 is 72.0 Å². The fourth-order valence-electron chi connectivity index (χ4n) is 9.46. The minimum atomic E-state index is -1.37. The molecule has 9 amide bonds. The van der Waals surface area contributed by atoms with Gasteiger partial charge >= 0.3 is 5.97 Å². The number of carbonyl (C=O) groups is 10. The molecule has 0 radical (unpaired) electrons. The second-order valence-corrected chi connectivity index (χ2v) is 21.1. The summed E-state index contributed by atoms with van der Waals surface area (Å²) >= 11 is 0. The summed E-state index contributed by atoms with van der Waals surface area (Å²) in [4.78, 5) is 136. The highest BCUT2D eigenvalue weighted by molar-refractivity contribution is 6.08. The van der Waals surface area contributed by atoms with E-state index in [1.165, 1.54) is 94.1 Å². The quantitative estimate of drug-likeness (QED) is 0.0249. The van der Waals surface area contributed by atoms with Crippen LogP contribution in [0, 0.1) is 0 Å². The number of benzene rings is 5. The molecule has 0 aliphatic rings. The van der Waals surface area contributed by atoms with Gasteiger partial charge in [0.1, 0.15) is 47.2 Å². The van der Waals surface area contributed by atoms with E-state index in [9.17, 15) is 53.1 Å². The zero-order valence-corrected chi connectivity index (χ0v) is 51.7. The van der Waals surface area contributed by atoms with Crippen LogP contribution >= 0.6 is 0 Å². The van der Waals surface area contributed by atoms with E-state index in [0.29, 0.717) is 70.0 Å². The van der Waals surface area contributed by atoms with Gasteiger partial charge in [-0.15, -0.1) is 0 Å². The summed E-state index contributed by atoms with van der Waals surface area (Å²) < 4.78 is 21.7. The molecule has 28 heteroatoms. The molecule has 494 valence electrons. The standard InChI is InChI=1S/C64H83N13O15/c1-89-51-25-21-39(33-43(51)56(69)80)70-62(86)50(20-10-14-32-68)77-60(84)46-36-42(24-28-54(46)92-37-55(78)79)73-64(88)49(19-9-13-31-67)76-59(83)45-35-41(23-27-53(45)91-3)72-63(87)48(18-8-12-30-66)75-58(82)44-34-40(22-26-52(44)90-2)71-61(85)47(17-7-11-29-65)74-57(81)38-15-5-4-6-16-38/h4-6,15-16,21-28,33-36,47-50H,7-14,17-20,29-32,37,65-68H2,1-3H3,(H2,69,80)(H,70,86)(H,71,85)(H,72,87)(H,73,88)(H,74,81)(H,75,82)(H,76,83)(H,77,84)(H,78,79)/t47-,48-,49-,50-/m0/s1. The molecule has 0 aliphatic carbocycles. The smallest absolute Gasteiger partial charge is 0.341 e. The highest BCUT2D eigenvalue weighted by Gasteiger charge is 2.30. The maximum absolute atomic E-state index is 14.4. The molecule has 0 bridgehead atoms. The van der Waals surface area contributed by atoms with E-state index in [1.807, 2.05) is 0 Å². The molecule has 0 saturated heterocycles. The van der Waals surface area contributed by atoms with Gasteiger partial charge in [-0.05, 0) is 188 Å². The van der Waals surface area contributed by atoms with Crippen LogP contribution in [0.2, 0.25) is 0 Å². The molecule has 5 aromatic carbocycles. The van der Waals surface area contributed by atoms with Gasteiger partial charge in [0.2, 0.25) is 23.6 Å². The first-order valence-corrected chi connectivity index (χ1v) is 29.9. The van der Waals surface area contributed by atoms with Gasteiger partial charge in [0.15, 0.2) is 6.61 Å². The molecule has 5 aromatic rings. The Morgan fingerprint density at radius 1 is 0.391 bits per heavy atom. The van der Waals surface area contributed by atoms with Crippen molar-refractivity contribution in [3.8, 4) is 23.0 Å². The van der Waals surface area contributed by atoms with E-state index >= 15 is 0 Å².